The number of aliphatic hydroxyl groups is 1. The minimum atomic E-state index is -0.328. The van der Waals surface area contributed by atoms with Gasteiger partial charge < -0.3 is 10.4 Å². The van der Waals surface area contributed by atoms with Crippen molar-refractivity contribution in [3.05, 3.63) is 0 Å². The summed E-state index contributed by atoms with van der Waals surface area (Å²) in [5.74, 6) is 0.162. The molecule has 0 bridgehead atoms. The summed E-state index contributed by atoms with van der Waals surface area (Å²) in [5, 5.41) is 12.7. The highest BCUT2D eigenvalue weighted by molar-refractivity contribution is 5.75. The highest BCUT2D eigenvalue weighted by atomic mass is 16.3. The SMILES string of the molecule is CNC(=O)C[C@H]1CN(C2CCCCCC2)C[C@@H]1O. The van der Waals surface area contributed by atoms with Gasteiger partial charge in [0.25, 0.3) is 0 Å². The van der Waals surface area contributed by atoms with Crippen molar-refractivity contribution < 1.29 is 9.90 Å². The van der Waals surface area contributed by atoms with E-state index in [0.717, 1.165) is 13.1 Å². The van der Waals surface area contributed by atoms with Crippen LogP contribution in [0.1, 0.15) is 44.9 Å². The maximum Gasteiger partial charge on any atom is 0.220 e. The minimum absolute atomic E-state index is 0.0433. The first kappa shape index (κ1) is 13.8. The van der Waals surface area contributed by atoms with Crippen molar-refractivity contribution >= 4 is 5.91 Å². The zero-order chi connectivity index (χ0) is 13.0. The number of nitrogens with one attached hydrogen (secondary N) is 1. The lowest BCUT2D eigenvalue weighted by atomic mass is 10.0. The van der Waals surface area contributed by atoms with Crippen LogP contribution in [-0.4, -0.2) is 48.2 Å². The summed E-state index contributed by atoms with van der Waals surface area (Å²) in [6.45, 7) is 1.64. The van der Waals surface area contributed by atoms with E-state index < -0.39 is 0 Å². The Hall–Kier alpha value is -0.610. The number of hydrogen-bond acceptors (Lipinski definition) is 3. The van der Waals surface area contributed by atoms with E-state index in [4.69, 9.17) is 0 Å². The van der Waals surface area contributed by atoms with Crippen molar-refractivity contribution in [2.75, 3.05) is 20.1 Å². The van der Waals surface area contributed by atoms with Gasteiger partial charge in [-0.25, -0.2) is 0 Å². The summed E-state index contributed by atoms with van der Waals surface area (Å²) >= 11 is 0. The van der Waals surface area contributed by atoms with Gasteiger partial charge in [-0.3, -0.25) is 9.69 Å². The fourth-order valence-electron chi connectivity index (χ4n) is 3.35. The molecule has 2 atom stereocenters. The van der Waals surface area contributed by atoms with Gasteiger partial charge in [-0.2, -0.15) is 0 Å². The molecule has 2 fully saturated rings. The molecule has 0 unspecified atom stereocenters. The first-order valence-electron chi connectivity index (χ1n) is 7.33. The largest absolute Gasteiger partial charge is 0.391 e. The fraction of sp³-hybridized carbons (Fsp3) is 0.929. The number of β-amino-alcohol motifs (C(OH)–C–C–N with tert-alkyl or cyclic N) is 1. The van der Waals surface area contributed by atoms with Crippen LogP contribution in [0.25, 0.3) is 0 Å². The predicted octanol–water partition coefficient (Wildman–Crippen LogP) is 1.14. The van der Waals surface area contributed by atoms with Gasteiger partial charge in [0.1, 0.15) is 0 Å². The third-order valence-electron chi connectivity index (χ3n) is 4.50. The lowest BCUT2D eigenvalue weighted by molar-refractivity contribution is -0.122. The smallest absolute Gasteiger partial charge is 0.220 e. The van der Waals surface area contributed by atoms with Gasteiger partial charge in [-0.05, 0) is 12.8 Å². The van der Waals surface area contributed by atoms with Crippen LogP contribution in [0.4, 0.5) is 0 Å². The van der Waals surface area contributed by atoms with E-state index in [0.29, 0.717) is 12.5 Å². The monoisotopic (exact) mass is 254 g/mol. The molecule has 18 heavy (non-hydrogen) atoms. The Kier molecular flexibility index (Phi) is 5.01. The number of likely N-dealkylation sites (tertiary alicyclic amines) is 1. The molecular weight excluding hydrogens is 228 g/mol. The topological polar surface area (TPSA) is 52.6 Å². The first-order chi connectivity index (χ1) is 8.70. The number of hydrogen-bond donors (Lipinski definition) is 2. The Bertz CT molecular complexity index is 275. The number of carbonyl (C=O) groups excluding carboxylic acids is 1. The van der Waals surface area contributed by atoms with Crippen LogP contribution in [0.15, 0.2) is 0 Å². The second-order valence-electron chi connectivity index (χ2n) is 5.80. The maximum atomic E-state index is 11.4. The van der Waals surface area contributed by atoms with E-state index in [-0.39, 0.29) is 17.9 Å². The number of rotatable bonds is 3. The molecule has 1 saturated carbocycles. The summed E-state index contributed by atoms with van der Waals surface area (Å²) in [7, 11) is 1.66. The number of nitrogens with zero attached hydrogens (tertiary/aromatic N) is 1. The molecule has 2 N–H and O–H groups in total. The van der Waals surface area contributed by atoms with Crippen LogP contribution in [-0.2, 0) is 4.79 Å². The second kappa shape index (κ2) is 6.53. The maximum absolute atomic E-state index is 11.4. The average molecular weight is 254 g/mol. The summed E-state index contributed by atoms with van der Waals surface area (Å²) in [5.41, 5.74) is 0. The van der Waals surface area contributed by atoms with Crippen molar-refractivity contribution in [2.45, 2.75) is 57.1 Å². The predicted molar refractivity (Wildman–Crippen MR) is 71.2 cm³/mol. The van der Waals surface area contributed by atoms with E-state index in [9.17, 15) is 9.90 Å². The van der Waals surface area contributed by atoms with Gasteiger partial charge >= 0.3 is 0 Å². The van der Waals surface area contributed by atoms with Gasteiger partial charge in [-0.1, -0.05) is 25.7 Å². The molecule has 1 aliphatic heterocycles. The summed E-state index contributed by atoms with van der Waals surface area (Å²) < 4.78 is 0. The molecule has 104 valence electrons. The molecule has 1 aliphatic carbocycles. The van der Waals surface area contributed by atoms with Gasteiger partial charge in [0.05, 0.1) is 6.10 Å². The van der Waals surface area contributed by atoms with Gasteiger partial charge in [-0.15, -0.1) is 0 Å². The minimum Gasteiger partial charge on any atom is -0.391 e. The molecule has 4 nitrogen and oxygen atoms in total. The lowest BCUT2D eigenvalue weighted by Crippen LogP contribution is -2.33. The Morgan fingerprint density at radius 1 is 1.22 bits per heavy atom. The van der Waals surface area contributed by atoms with Gasteiger partial charge in [0.15, 0.2) is 0 Å². The van der Waals surface area contributed by atoms with E-state index in [1.54, 1.807) is 7.05 Å². The van der Waals surface area contributed by atoms with Crippen LogP contribution < -0.4 is 5.32 Å². The van der Waals surface area contributed by atoms with Crippen LogP contribution in [0.5, 0.6) is 0 Å². The van der Waals surface area contributed by atoms with Gasteiger partial charge in [0.2, 0.25) is 5.91 Å². The van der Waals surface area contributed by atoms with E-state index >= 15 is 0 Å². The molecule has 2 rings (SSSR count). The number of aliphatic hydroxyl groups excluding tert-OH is 1. The molecule has 1 heterocycles. The van der Waals surface area contributed by atoms with E-state index in [1.165, 1.54) is 38.5 Å². The third kappa shape index (κ3) is 3.45. The van der Waals surface area contributed by atoms with Crippen molar-refractivity contribution in [1.82, 2.24) is 10.2 Å². The van der Waals surface area contributed by atoms with Crippen molar-refractivity contribution in [3.8, 4) is 0 Å². The van der Waals surface area contributed by atoms with Crippen LogP contribution in [0.2, 0.25) is 0 Å². The molecule has 0 aromatic heterocycles. The van der Waals surface area contributed by atoms with E-state index in [1.807, 2.05) is 0 Å². The van der Waals surface area contributed by atoms with Gasteiger partial charge in [0, 0.05) is 38.5 Å². The van der Waals surface area contributed by atoms with Crippen molar-refractivity contribution in [3.63, 3.8) is 0 Å². The normalized spacial score (nSPS) is 31.2. The second-order valence-corrected chi connectivity index (χ2v) is 5.80. The molecule has 0 radical (unpaired) electrons. The molecule has 2 aliphatic rings. The summed E-state index contributed by atoms with van der Waals surface area (Å²) in [6.07, 6.45) is 8.00. The Morgan fingerprint density at radius 2 is 1.89 bits per heavy atom. The zero-order valence-corrected chi connectivity index (χ0v) is 11.4. The number of amides is 1. The first-order valence-corrected chi connectivity index (χ1v) is 7.33. The van der Waals surface area contributed by atoms with Crippen molar-refractivity contribution in [1.29, 1.82) is 0 Å². The lowest BCUT2D eigenvalue weighted by Gasteiger charge is -2.26. The summed E-state index contributed by atoms with van der Waals surface area (Å²) in [4.78, 5) is 13.8. The highest BCUT2D eigenvalue weighted by Crippen LogP contribution is 2.28. The van der Waals surface area contributed by atoms with Crippen molar-refractivity contribution in [2.24, 2.45) is 5.92 Å². The molecular formula is C14H26N2O2. The fourth-order valence-corrected chi connectivity index (χ4v) is 3.35. The average Bonchev–Trinajstić information content (AvgIpc) is 2.60. The van der Waals surface area contributed by atoms with E-state index in [2.05, 4.69) is 10.2 Å². The quantitative estimate of drug-likeness (QED) is 0.743. The summed E-state index contributed by atoms with van der Waals surface area (Å²) in [6, 6.07) is 0.636. The molecule has 0 aromatic carbocycles. The van der Waals surface area contributed by atoms with Crippen LogP contribution in [0.3, 0.4) is 0 Å². The Labute approximate surface area is 110 Å². The Morgan fingerprint density at radius 3 is 2.50 bits per heavy atom. The highest BCUT2D eigenvalue weighted by Gasteiger charge is 2.35. The molecule has 0 aromatic rings. The zero-order valence-electron chi connectivity index (χ0n) is 11.4. The standard InChI is InChI=1S/C14H26N2O2/c1-15-14(18)8-11-9-16(10-13(11)17)12-6-4-2-3-5-7-12/h11-13,17H,2-10H2,1H3,(H,15,18)/t11-,13-/m0/s1. The molecule has 1 amide bonds. The molecule has 0 spiro atoms. The Balaban J connectivity index is 1.86. The molecule has 4 heteroatoms. The van der Waals surface area contributed by atoms with Crippen LogP contribution in [0, 0.1) is 5.92 Å². The molecule has 1 saturated heterocycles. The van der Waals surface area contributed by atoms with Crippen LogP contribution >= 0.6 is 0 Å². The number of carbonyl (C=O) groups is 1. The third-order valence-corrected chi connectivity index (χ3v) is 4.50.